The number of hydrogen-bond acceptors (Lipinski definition) is 1. The van der Waals surface area contributed by atoms with Crippen molar-refractivity contribution in [2.75, 3.05) is 4.90 Å². The van der Waals surface area contributed by atoms with Crippen LogP contribution < -0.4 is 4.90 Å². The number of benzene rings is 9. The van der Waals surface area contributed by atoms with Gasteiger partial charge in [0.1, 0.15) is 0 Å². The quantitative estimate of drug-likeness (QED) is 0.163. The average molecular weight is 766 g/mol. The molecule has 9 aromatic carbocycles. The van der Waals surface area contributed by atoms with Crippen molar-refractivity contribution in [2.24, 2.45) is 0 Å². The molecule has 2 bridgehead atoms. The van der Waals surface area contributed by atoms with E-state index in [4.69, 9.17) is 0 Å². The first-order valence-electron chi connectivity index (χ1n) is 21.3. The van der Waals surface area contributed by atoms with E-state index in [1.54, 1.807) is 0 Å². The Kier molecular flexibility index (Phi) is 7.78. The summed E-state index contributed by atoms with van der Waals surface area (Å²) in [5, 5.41) is 0. The number of rotatable bonds is 6. The van der Waals surface area contributed by atoms with E-state index in [2.05, 4.69) is 231 Å². The van der Waals surface area contributed by atoms with Gasteiger partial charge in [-0.2, -0.15) is 0 Å². The predicted octanol–water partition coefficient (Wildman–Crippen LogP) is 15.5. The zero-order chi connectivity index (χ0) is 40.0. The van der Waals surface area contributed by atoms with E-state index in [1.165, 1.54) is 94.7 Å². The summed E-state index contributed by atoms with van der Waals surface area (Å²) in [5.74, 6) is 0.224. The summed E-state index contributed by atoms with van der Waals surface area (Å²) in [5.41, 5.74) is 24.9. The van der Waals surface area contributed by atoms with E-state index >= 15 is 0 Å². The van der Waals surface area contributed by atoms with Gasteiger partial charge in [-0.1, -0.05) is 196 Å². The molecule has 4 aliphatic rings. The average Bonchev–Trinajstić information content (AvgIpc) is 3.56. The van der Waals surface area contributed by atoms with E-state index in [0.29, 0.717) is 0 Å². The summed E-state index contributed by atoms with van der Waals surface area (Å²) in [6.45, 7) is 4.76. The maximum absolute atomic E-state index is 2.52. The predicted molar refractivity (Wildman–Crippen MR) is 250 cm³/mol. The van der Waals surface area contributed by atoms with Gasteiger partial charge in [-0.15, -0.1) is 0 Å². The van der Waals surface area contributed by atoms with E-state index in [1.807, 2.05) is 0 Å². The van der Waals surface area contributed by atoms with Crippen molar-refractivity contribution >= 4 is 17.1 Å². The summed E-state index contributed by atoms with van der Waals surface area (Å²) < 4.78 is 0. The largest absolute Gasteiger partial charge is 0.310 e. The van der Waals surface area contributed by atoms with Crippen molar-refractivity contribution in [3.8, 4) is 44.5 Å². The summed E-state index contributed by atoms with van der Waals surface area (Å²) in [4.78, 5) is 2.52. The third kappa shape index (κ3) is 5.12. The standard InChI is InChI=1S/C59H43N/c1-59(2)52-27-14-13-20-46(52)51-26-15-25-45(58(51)59)41-30-34-43(35-31-41)60(42-32-28-39(29-33-42)38-16-5-3-6-17-38)53-37-36-44(40-18-7-4-8-19-40)56-54-47-21-9-11-23-49(47)55(57(53)56)50-24-12-10-22-48(50)54/h3-37,54-55H,1-2H3. The Morgan fingerprint density at radius 2 is 0.783 bits per heavy atom. The van der Waals surface area contributed by atoms with Crippen molar-refractivity contribution < 1.29 is 0 Å². The first-order valence-corrected chi connectivity index (χ1v) is 21.3. The van der Waals surface area contributed by atoms with Crippen LogP contribution in [0.15, 0.2) is 212 Å². The molecule has 60 heavy (non-hydrogen) atoms. The molecule has 0 saturated heterocycles. The van der Waals surface area contributed by atoms with Gasteiger partial charge >= 0.3 is 0 Å². The molecule has 4 aliphatic carbocycles. The lowest BCUT2D eigenvalue weighted by Crippen LogP contribution is -2.30. The molecule has 0 heterocycles. The van der Waals surface area contributed by atoms with Gasteiger partial charge in [0.25, 0.3) is 0 Å². The molecule has 0 radical (unpaired) electrons. The van der Waals surface area contributed by atoms with E-state index in [9.17, 15) is 0 Å². The molecule has 0 spiro atoms. The van der Waals surface area contributed by atoms with Crippen LogP contribution in [0.25, 0.3) is 44.5 Å². The molecule has 0 saturated carbocycles. The van der Waals surface area contributed by atoms with Gasteiger partial charge in [0.15, 0.2) is 0 Å². The summed E-state index contributed by atoms with van der Waals surface area (Å²) in [6, 6.07) is 79.2. The summed E-state index contributed by atoms with van der Waals surface area (Å²) >= 11 is 0. The van der Waals surface area contributed by atoms with E-state index in [0.717, 1.165) is 11.4 Å². The number of anilines is 3. The van der Waals surface area contributed by atoms with Crippen LogP contribution in [0.3, 0.4) is 0 Å². The Balaban J connectivity index is 1.07. The smallest absolute Gasteiger partial charge is 0.0506 e. The fourth-order valence-electron chi connectivity index (χ4n) is 11.1. The third-order valence-electron chi connectivity index (χ3n) is 13.7. The summed E-state index contributed by atoms with van der Waals surface area (Å²) in [6.07, 6.45) is 0. The van der Waals surface area contributed by atoms with Crippen molar-refractivity contribution in [1.29, 1.82) is 0 Å². The Morgan fingerprint density at radius 3 is 1.40 bits per heavy atom. The molecule has 0 aromatic heterocycles. The molecular formula is C59H43N. The molecule has 1 heteroatoms. The fourth-order valence-corrected chi connectivity index (χ4v) is 11.1. The van der Waals surface area contributed by atoms with Crippen LogP contribution in [-0.2, 0) is 5.41 Å². The molecule has 9 aromatic rings. The van der Waals surface area contributed by atoms with Crippen LogP contribution in [0.2, 0.25) is 0 Å². The van der Waals surface area contributed by atoms with Crippen molar-refractivity contribution in [3.05, 3.63) is 257 Å². The molecule has 0 amide bonds. The van der Waals surface area contributed by atoms with Gasteiger partial charge in [0, 0.05) is 28.6 Å². The molecule has 0 unspecified atom stereocenters. The lowest BCUT2D eigenvalue weighted by atomic mass is 9.59. The van der Waals surface area contributed by atoms with Crippen LogP contribution >= 0.6 is 0 Å². The molecule has 1 nitrogen and oxygen atoms in total. The molecule has 0 aliphatic heterocycles. The fraction of sp³-hybridized carbons (Fsp3) is 0.0847. The maximum Gasteiger partial charge on any atom is 0.0506 e. The monoisotopic (exact) mass is 765 g/mol. The van der Waals surface area contributed by atoms with Crippen molar-refractivity contribution in [3.63, 3.8) is 0 Å². The van der Waals surface area contributed by atoms with Crippen LogP contribution in [-0.4, -0.2) is 0 Å². The zero-order valence-corrected chi connectivity index (χ0v) is 33.8. The highest BCUT2D eigenvalue weighted by molar-refractivity contribution is 5.91. The normalized spacial score (nSPS) is 16.0. The van der Waals surface area contributed by atoms with Crippen molar-refractivity contribution in [2.45, 2.75) is 31.1 Å². The van der Waals surface area contributed by atoms with E-state index < -0.39 is 0 Å². The van der Waals surface area contributed by atoms with Gasteiger partial charge < -0.3 is 4.90 Å². The third-order valence-corrected chi connectivity index (χ3v) is 13.7. The second-order valence-electron chi connectivity index (χ2n) is 17.1. The minimum absolute atomic E-state index is 0.0946. The minimum Gasteiger partial charge on any atom is -0.310 e. The molecular weight excluding hydrogens is 723 g/mol. The maximum atomic E-state index is 2.52. The highest BCUT2D eigenvalue weighted by Crippen LogP contribution is 2.61. The van der Waals surface area contributed by atoms with Crippen LogP contribution in [0.4, 0.5) is 17.1 Å². The highest BCUT2D eigenvalue weighted by Gasteiger charge is 2.44. The molecule has 284 valence electrons. The van der Waals surface area contributed by atoms with Gasteiger partial charge in [-0.25, -0.2) is 0 Å². The Bertz CT molecular complexity index is 3050. The van der Waals surface area contributed by atoms with Gasteiger partial charge in [0.05, 0.1) is 5.69 Å². The molecule has 0 fully saturated rings. The SMILES string of the molecule is CC1(C)c2ccccc2-c2cccc(-c3ccc(N(c4ccc(-c5ccccc5)cc4)c4ccc(-c5ccccc5)c5c4C4c6ccccc6C5c5ccccc54)cc3)c21. The summed E-state index contributed by atoms with van der Waals surface area (Å²) in [7, 11) is 0. The zero-order valence-electron chi connectivity index (χ0n) is 33.8. The van der Waals surface area contributed by atoms with Gasteiger partial charge in [-0.3, -0.25) is 0 Å². The van der Waals surface area contributed by atoms with Crippen LogP contribution in [0.5, 0.6) is 0 Å². The minimum atomic E-state index is -0.0980. The topological polar surface area (TPSA) is 3.24 Å². The van der Waals surface area contributed by atoms with Gasteiger partial charge in [-0.05, 0) is 119 Å². The number of nitrogens with zero attached hydrogens (tertiary/aromatic N) is 1. The lowest BCUT2D eigenvalue weighted by molar-refractivity contribution is 0.662. The van der Waals surface area contributed by atoms with Gasteiger partial charge in [0.2, 0.25) is 0 Å². The number of fused-ring (bicyclic) bond motifs is 3. The Hall–Kier alpha value is -7.22. The van der Waals surface area contributed by atoms with Crippen molar-refractivity contribution in [1.82, 2.24) is 0 Å². The van der Waals surface area contributed by atoms with Crippen LogP contribution in [0, 0.1) is 0 Å². The van der Waals surface area contributed by atoms with Crippen LogP contribution in [0.1, 0.15) is 70.2 Å². The highest BCUT2D eigenvalue weighted by atomic mass is 15.1. The molecule has 13 rings (SSSR count). The lowest BCUT2D eigenvalue weighted by Gasteiger charge is -2.45. The Morgan fingerprint density at radius 1 is 0.333 bits per heavy atom. The second-order valence-corrected chi connectivity index (χ2v) is 17.1. The Labute approximate surface area is 352 Å². The first kappa shape index (κ1) is 34.8. The first-order chi connectivity index (χ1) is 29.6. The molecule has 0 atom stereocenters. The molecule has 0 N–H and O–H groups in total. The van der Waals surface area contributed by atoms with E-state index in [-0.39, 0.29) is 17.3 Å². The second kappa shape index (κ2) is 13.4. The number of hydrogen-bond donors (Lipinski definition) is 0.